The lowest BCUT2D eigenvalue weighted by atomic mass is 10.1. The summed E-state index contributed by atoms with van der Waals surface area (Å²) >= 11 is 0. The molecule has 0 unspecified atom stereocenters. The van der Waals surface area contributed by atoms with Gasteiger partial charge in [0.2, 0.25) is 15.9 Å². The highest BCUT2D eigenvalue weighted by Crippen LogP contribution is 2.30. The molecule has 2 amide bonds. The van der Waals surface area contributed by atoms with Gasteiger partial charge in [-0.1, -0.05) is 26.0 Å². The van der Waals surface area contributed by atoms with Gasteiger partial charge in [-0.15, -0.1) is 0 Å². The van der Waals surface area contributed by atoms with E-state index in [1.54, 1.807) is 24.3 Å². The Balaban J connectivity index is 1.68. The number of nitrogens with one attached hydrogen (secondary N) is 1. The van der Waals surface area contributed by atoms with Crippen molar-refractivity contribution in [3.05, 3.63) is 59.7 Å². The van der Waals surface area contributed by atoms with Crippen LogP contribution < -0.4 is 5.32 Å². The molecule has 1 N–H and O–H groups in total. The number of nitrogens with zero attached hydrogens (tertiary/aromatic N) is 2. The van der Waals surface area contributed by atoms with E-state index in [1.807, 2.05) is 13.8 Å². The van der Waals surface area contributed by atoms with Gasteiger partial charge in [0, 0.05) is 32.6 Å². The van der Waals surface area contributed by atoms with Crippen molar-refractivity contribution in [2.24, 2.45) is 5.92 Å². The zero-order valence-corrected chi connectivity index (χ0v) is 19.6. The molecule has 0 saturated carbocycles. The van der Waals surface area contributed by atoms with Crippen LogP contribution in [0.15, 0.2) is 53.4 Å². The summed E-state index contributed by atoms with van der Waals surface area (Å²) < 4.78 is 65.1. The number of rotatable bonds is 6. The van der Waals surface area contributed by atoms with E-state index in [1.165, 1.54) is 4.90 Å². The molecule has 0 aromatic heterocycles. The minimum absolute atomic E-state index is 0.00300. The quantitative estimate of drug-likeness (QED) is 0.657. The number of piperazine rings is 1. The largest absolute Gasteiger partial charge is 0.416 e. The maximum Gasteiger partial charge on any atom is 0.416 e. The summed E-state index contributed by atoms with van der Waals surface area (Å²) in [4.78, 5) is 26.5. The fourth-order valence-corrected chi connectivity index (χ4v) is 5.04. The Morgan fingerprint density at radius 1 is 0.971 bits per heavy atom. The molecule has 11 heteroatoms. The molecule has 7 nitrogen and oxygen atoms in total. The highest BCUT2D eigenvalue weighted by Gasteiger charge is 2.33. The van der Waals surface area contributed by atoms with E-state index < -0.39 is 21.8 Å². The second-order valence-corrected chi connectivity index (χ2v) is 10.3. The third kappa shape index (κ3) is 5.95. The van der Waals surface area contributed by atoms with Gasteiger partial charge in [0.05, 0.1) is 21.7 Å². The number of para-hydroxylation sites is 1. The number of carbonyl (C=O) groups excluding carboxylic acids is 2. The average molecular weight is 498 g/mol. The SMILES string of the molecule is CC(C)CC(=O)Nc1ccccc1C(=O)N1CCN(S(=O)(=O)c2ccc(C(F)(F)F)cc2)CC1. The summed E-state index contributed by atoms with van der Waals surface area (Å²) in [6.07, 6.45) is -4.25. The van der Waals surface area contributed by atoms with E-state index in [2.05, 4.69) is 5.32 Å². The van der Waals surface area contributed by atoms with Crippen LogP contribution in [0.4, 0.5) is 18.9 Å². The van der Waals surface area contributed by atoms with Crippen molar-refractivity contribution in [1.82, 2.24) is 9.21 Å². The highest BCUT2D eigenvalue weighted by atomic mass is 32.2. The van der Waals surface area contributed by atoms with Crippen LogP contribution in [-0.4, -0.2) is 55.6 Å². The normalized spacial score (nSPS) is 15.4. The zero-order valence-electron chi connectivity index (χ0n) is 18.8. The van der Waals surface area contributed by atoms with Gasteiger partial charge >= 0.3 is 6.18 Å². The number of benzene rings is 2. The van der Waals surface area contributed by atoms with Crippen LogP contribution in [0.1, 0.15) is 36.2 Å². The first-order chi connectivity index (χ1) is 15.9. The van der Waals surface area contributed by atoms with Crippen LogP contribution in [0.3, 0.4) is 0 Å². The van der Waals surface area contributed by atoms with E-state index in [4.69, 9.17) is 0 Å². The zero-order chi connectivity index (χ0) is 25.1. The van der Waals surface area contributed by atoms with E-state index in [0.29, 0.717) is 17.7 Å². The lowest BCUT2D eigenvalue weighted by Crippen LogP contribution is -2.50. The van der Waals surface area contributed by atoms with Crippen LogP contribution in [-0.2, 0) is 21.0 Å². The number of halogens is 3. The predicted octanol–water partition coefficient (Wildman–Crippen LogP) is 3.84. The van der Waals surface area contributed by atoms with E-state index in [-0.39, 0.29) is 48.8 Å². The second kappa shape index (κ2) is 10.1. The van der Waals surface area contributed by atoms with Crippen LogP contribution in [0.5, 0.6) is 0 Å². The van der Waals surface area contributed by atoms with Gasteiger partial charge in [0.25, 0.3) is 5.91 Å². The molecular weight excluding hydrogens is 471 g/mol. The molecule has 1 saturated heterocycles. The van der Waals surface area contributed by atoms with Crippen molar-refractivity contribution in [3.63, 3.8) is 0 Å². The van der Waals surface area contributed by atoms with Crippen LogP contribution in [0.2, 0.25) is 0 Å². The van der Waals surface area contributed by atoms with Crippen LogP contribution in [0.25, 0.3) is 0 Å². The van der Waals surface area contributed by atoms with Crippen molar-refractivity contribution < 1.29 is 31.2 Å². The minimum Gasteiger partial charge on any atom is -0.336 e. The third-order valence-corrected chi connectivity index (χ3v) is 7.28. The van der Waals surface area contributed by atoms with E-state index >= 15 is 0 Å². The van der Waals surface area contributed by atoms with Gasteiger partial charge in [-0.3, -0.25) is 9.59 Å². The highest BCUT2D eigenvalue weighted by molar-refractivity contribution is 7.89. The van der Waals surface area contributed by atoms with E-state index in [9.17, 15) is 31.2 Å². The molecule has 2 aromatic rings. The number of sulfonamides is 1. The average Bonchev–Trinajstić information content (AvgIpc) is 2.78. The Labute approximate surface area is 196 Å². The third-order valence-electron chi connectivity index (χ3n) is 5.37. The van der Waals surface area contributed by atoms with Gasteiger partial charge in [0.15, 0.2) is 0 Å². The molecule has 0 bridgehead atoms. The smallest absolute Gasteiger partial charge is 0.336 e. The molecular formula is C23H26F3N3O4S. The van der Waals surface area contributed by atoms with Gasteiger partial charge < -0.3 is 10.2 Å². The predicted molar refractivity (Wildman–Crippen MR) is 121 cm³/mol. The standard InChI is InChI=1S/C23H26F3N3O4S/c1-16(2)15-21(30)27-20-6-4-3-5-19(20)22(31)28-11-13-29(14-12-28)34(32,33)18-9-7-17(8-10-18)23(24,25)26/h3-10,16H,11-15H2,1-2H3,(H,27,30). The van der Waals surface area contributed by atoms with Gasteiger partial charge in [0.1, 0.15) is 0 Å². The number of hydrogen-bond donors (Lipinski definition) is 1. The molecule has 0 spiro atoms. The van der Waals surface area contributed by atoms with Crippen molar-refractivity contribution >= 4 is 27.5 Å². The van der Waals surface area contributed by atoms with Gasteiger partial charge in [-0.2, -0.15) is 17.5 Å². The fourth-order valence-electron chi connectivity index (χ4n) is 3.62. The van der Waals surface area contributed by atoms with Crippen molar-refractivity contribution in [2.45, 2.75) is 31.3 Å². The summed E-state index contributed by atoms with van der Waals surface area (Å²) in [7, 11) is -4.00. The molecule has 0 atom stereocenters. The fraction of sp³-hybridized carbons (Fsp3) is 0.391. The Morgan fingerprint density at radius 2 is 1.56 bits per heavy atom. The van der Waals surface area contributed by atoms with Crippen molar-refractivity contribution in [2.75, 3.05) is 31.5 Å². The Kier molecular flexibility index (Phi) is 7.67. The topological polar surface area (TPSA) is 86.8 Å². The number of alkyl halides is 3. The van der Waals surface area contributed by atoms with Gasteiger partial charge in [-0.05, 0) is 42.3 Å². The molecule has 184 valence electrons. The van der Waals surface area contributed by atoms with Gasteiger partial charge in [-0.25, -0.2) is 8.42 Å². The lowest BCUT2D eigenvalue weighted by molar-refractivity contribution is -0.137. The molecule has 2 aromatic carbocycles. The van der Waals surface area contributed by atoms with E-state index in [0.717, 1.165) is 28.6 Å². The lowest BCUT2D eigenvalue weighted by Gasteiger charge is -2.34. The number of anilines is 1. The molecule has 3 rings (SSSR count). The molecule has 0 radical (unpaired) electrons. The summed E-state index contributed by atoms with van der Waals surface area (Å²) in [6.45, 7) is 4.03. The summed E-state index contributed by atoms with van der Waals surface area (Å²) in [5.41, 5.74) is -0.238. The molecule has 1 aliphatic heterocycles. The first kappa shape index (κ1) is 25.7. The van der Waals surface area contributed by atoms with Crippen LogP contribution in [0, 0.1) is 5.92 Å². The maximum absolute atomic E-state index is 13.1. The van der Waals surface area contributed by atoms with Crippen LogP contribution >= 0.6 is 0 Å². The molecule has 34 heavy (non-hydrogen) atoms. The summed E-state index contributed by atoms with van der Waals surface area (Å²) in [6, 6.07) is 9.95. The minimum atomic E-state index is -4.56. The Morgan fingerprint density at radius 3 is 2.12 bits per heavy atom. The second-order valence-electron chi connectivity index (χ2n) is 8.41. The molecule has 1 aliphatic rings. The van der Waals surface area contributed by atoms with Crippen molar-refractivity contribution in [1.29, 1.82) is 0 Å². The first-order valence-corrected chi connectivity index (χ1v) is 12.2. The number of amides is 2. The Bertz CT molecular complexity index is 1140. The molecule has 1 heterocycles. The molecule has 1 fully saturated rings. The summed E-state index contributed by atoms with van der Waals surface area (Å²) in [5.74, 6) is -0.391. The maximum atomic E-state index is 13.1. The molecule has 0 aliphatic carbocycles. The summed E-state index contributed by atoms with van der Waals surface area (Å²) in [5, 5.41) is 2.76. The Hall–Kier alpha value is -2.92. The number of carbonyl (C=O) groups is 2. The number of hydrogen-bond acceptors (Lipinski definition) is 4. The monoisotopic (exact) mass is 497 g/mol. The van der Waals surface area contributed by atoms with Crippen molar-refractivity contribution in [3.8, 4) is 0 Å². The first-order valence-electron chi connectivity index (χ1n) is 10.7.